The number of ether oxygens (including phenoxy) is 2. The van der Waals surface area contributed by atoms with E-state index in [9.17, 15) is 13.2 Å². The minimum atomic E-state index is -3.92. The number of thiazole rings is 1. The lowest BCUT2D eigenvalue weighted by Gasteiger charge is -2.13. The van der Waals surface area contributed by atoms with Gasteiger partial charge in [0, 0.05) is 29.6 Å². The minimum absolute atomic E-state index is 0.113. The third kappa shape index (κ3) is 5.15. The summed E-state index contributed by atoms with van der Waals surface area (Å²) < 4.78 is 41.3. The number of methoxy groups -OCH3 is 1. The van der Waals surface area contributed by atoms with Crippen LogP contribution < -0.4 is 25.1 Å². The Labute approximate surface area is 217 Å². The Hall–Kier alpha value is -3.55. The molecule has 2 N–H and O–H groups in total. The van der Waals surface area contributed by atoms with Gasteiger partial charge < -0.3 is 14.8 Å². The van der Waals surface area contributed by atoms with Crippen LogP contribution in [0.5, 0.6) is 11.6 Å². The maximum absolute atomic E-state index is 13.1. The van der Waals surface area contributed by atoms with Crippen molar-refractivity contribution >= 4 is 32.7 Å². The highest BCUT2D eigenvalue weighted by Gasteiger charge is 2.23. The molecule has 0 aromatic carbocycles. The Morgan fingerprint density at radius 1 is 1.22 bits per heavy atom. The smallest absolute Gasteiger partial charge is 0.300 e. The molecule has 0 amide bonds. The molecule has 194 valence electrons. The lowest BCUT2D eigenvalue weighted by molar-refractivity contribution is 0.272. The molecule has 0 aliphatic carbocycles. The topological polar surface area (TPSA) is 137 Å². The van der Waals surface area contributed by atoms with Gasteiger partial charge in [-0.1, -0.05) is 0 Å². The van der Waals surface area contributed by atoms with Crippen molar-refractivity contribution in [2.45, 2.75) is 36.9 Å². The van der Waals surface area contributed by atoms with Crippen molar-refractivity contribution in [2.24, 2.45) is 0 Å². The number of aromatic nitrogens is 4. The number of aryl methyl sites for hydroxylation is 2. The number of rotatable bonds is 8. The fourth-order valence-electron chi connectivity index (χ4n) is 4.22. The molecule has 5 heterocycles. The molecule has 0 spiro atoms. The van der Waals surface area contributed by atoms with Crippen LogP contribution in [0.4, 0.5) is 5.69 Å². The Morgan fingerprint density at radius 3 is 2.76 bits per heavy atom. The molecule has 1 aliphatic heterocycles. The van der Waals surface area contributed by atoms with Gasteiger partial charge in [-0.2, -0.15) is 0 Å². The van der Waals surface area contributed by atoms with E-state index in [1.54, 1.807) is 44.4 Å². The summed E-state index contributed by atoms with van der Waals surface area (Å²) in [6.45, 7) is 4.74. The molecule has 11 nitrogen and oxygen atoms in total. The first-order valence-corrected chi connectivity index (χ1v) is 13.9. The summed E-state index contributed by atoms with van der Waals surface area (Å²) in [7, 11) is -2.51. The molecule has 0 saturated carbocycles. The van der Waals surface area contributed by atoms with Gasteiger partial charge >= 0.3 is 0 Å². The third-order valence-corrected chi connectivity index (χ3v) is 9.05. The normalized spacial score (nSPS) is 15.7. The predicted molar refractivity (Wildman–Crippen MR) is 140 cm³/mol. The summed E-state index contributed by atoms with van der Waals surface area (Å²) in [6.07, 6.45) is 6.71. The van der Waals surface area contributed by atoms with Gasteiger partial charge in [-0.3, -0.25) is 13.9 Å². The van der Waals surface area contributed by atoms with E-state index in [1.165, 1.54) is 17.7 Å². The molecule has 13 heteroatoms. The quantitative estimate of drug-likeness (QED) is 0.344. The summed E-state index contributed by atoms with van der Waals surface area (Å²) >= 11 is 1.09. The largest absolute Gasteiger partial charge is 0.485 e. The molecule has 1 fully saturated rings. The lowest BCUT2D eigenvalue weighted by Crippen LogP contribution is -2.30. The summed E-state index contributed by atoms with van der Waals surface area (Å²) in [5.74, 6) is 0.280. The van der Waals surface area contributed by atoms with Crippen LogP contribution in [0.15, 0.2) is 45.8 Å². The van der Waals surface area contributed by atoms with E-state index in [-0.39, 0.29) is 33.1 Å². The number of anilines is 1. The Balaban J connectivity index is 1.48. The van der Waals surface area contributed by atoms with E-state index in [0.29, 0.717) is 34.1 Å². The van der Waals surface area contributed by atoms with Crippen LogP contribution in [0.1, 0.15) is 23.5 Å². The van der Waals surface area contributed by atoms with Gasteiger partial charge in [0.2, 0.25) is 11.6 Å². The van der Waals surface area contributed by atoms with Crippen LogP contribution >= 0.6 is 11.3 Å². The van der Waals surface area contributed by atoms with Gasteiger partial charge in [0.25, 0.3) is 15.6 Å². The molecule has 4 aromatic rings. The Morgan fingerprint density at radius 2 is 2.05 bits per heavy atom. The standard InChI is InChI=1S/C24H26N6O5S2/c1-14-24(36-15(2)28-14)37(32,33)29-19-9-17(10-27-22(19)34-3)16-6-7-21-26-11-20(23(31)30(21)12-16)35-13-18-5-4-8-25-18/h6-7,9-12,18,25,29H,4-5,8,13H2,1-3H3. The number of hydrogen-bond acceptors (Lipinski definition) is 10. The van der Waals surface area contributed by atoms with Gasteiger partial charge in [-0.15, -0.1) is 11.3 Å². The van der Waals surface area contributed by atoms with Crippen LogP contribution in [-0.2, 0) is 10.0 Å². The third-order valence-electron chi connectivity index (χ3n) is 6.00. The molecule has 1 atom stereocenters. The molecule has 0 bridgehead atoms. The molecular weight excluding hydrogens is 516 g/mol. The van der Waals surface area contributed by atoms with Crippen molar-refractivity contribution < 1.29 is 17.9 Å². The van der Waals surface area contributed by atoms with Crippen LogP contribution in [-0.4, -0.2) is 54.1 Å². The summed E-state index contributed by atoms with van der Waals surface area (Å²) in [5, 5.41) is 3.98. The molecule has 4 aromatic heterocycles. The maximum Gasteiger partial charge on any atom is 0.300 e. The average Bonchev–Trinajstić information content (AvgIpc) is 3.52. The molecule has 37 heavy (non-hydrogen) atoms. The lowest BCUT2D eigenvalue weighted by atomic mass is 10.1. The fraction of sp³-hybridized carbons (Fsp3) is 0.333. The summed E-state index contributed by atoms with van der Waals surface area (Å²) in [4.78, 5) is 25.9. The second kappa shape index (κ2) is 10.1. The second-order valence-electron chi connectivity index (χ2n) is 8.67. The van der Waals surface area contributed by atoms with Crippen LogP contribution in [0.25, 0.3) is 16.8 Å². The zero-order valence-corrected chi connectivity index (χ0v) is 22.1. The maximum atomic E-state index is 13.1. The van der Waals surface area contributed by atoms with E-state index >= 15 is 0 Å². The van der Waals surface area contributed by atoms with Crippen molar-refractivity contribution in [2.75, 3.05) is 25.0 Å². The van der Waals surface area contributed by atoms with E-state index in [0.717, 1.165) is 30.7 Å². The highest BCUT2D eigenvalue weighted by Crippen LogP contribution is 2.32. The van der Waals surface area contributed by atoms with Gasteiger partial charge in [0.15, 0.2) is 4.21 Å². The molecule has 5 rings (SSSR count). The van der Waals surface area contributed by atoms with Gasteiger partial charge in [-0.25, -0.2) is 23.4 Å². The van der Waals surface area contributed by atoms with Crippen molar-refractivity contribution in [3.05, 3.63) is 57.8 Å². The number of pyridine rings is 2. The summed E-state index contributed by atoms with van der Waals surface area (Å²) in [6, 6.07) is 5.31. The SMILES string of the molecule is COc1ncc(-c2ccc3ncc(OCC4CCCN4)c(=O)n3c2)cc1NS(=O)(=O)c1sc(C)nc1C. The van der Waals surface area contributed by atoms with Crippen LogP contribution in [0.2, 0.25) is 0 Å². The van der Waals surface area contributed by atoms with Gasteiger partial charge in [0.1, 0.15) is 17.9 Å². The molecular formula is C24H26N6O5S2. The van der Waals surface area contributed by atoms with Crippen molar-refractivity contribution in [3.63, 3.8) is 0 Å². The van der Waals surface area contributed by atoms with E-state index in [4.69, 9.17) is 9.47 Å². The first kappa shape index (κ1) is 25.1. The van der Waals surface area contributed by atoms with Crippen LogP contribution in [0.3, 0.4) is 0 Å². The zero-order chi connectivity index (χ0) is 26.2. The first-order valence-electron chi connectivity index (χ1n) is 11.6. The average molecular weight is 543 g/mol. The van der Waals surface area contributed by atoms with Gasteiger partial charge in [-0.05, 0) is 51.4 Å². The monoisotopic (exact) mass is 542 g/mol. The molecule has 1 unspecified atom stereocenters. The highest BCUT2D eigenvalue weighted by atomic mass is 32.2. The fourth-order valence-corrected chi connectivity index (χ4v) is 6.75. The minimum Gasteiger partial charge on any atom is -0.485 e. The first-order chi connectivity index (χ1) is 17.7. The summed E-state index contributed by atoms with van der Waals surface area (Å²) in [5.41, 5.74) is 1.91. The van der Waals surface area contributed by atoms with Crippen LogP contribution in [0, 0.1) is 13.8 Å². The number of nitrogens with one attached hydrogen (secondary N) is 2. The number of fused-ring (bicyclic) bond motifs is 1. The predicted octanol–water partition coefficient (Wildman–Crippen LogP) is 2.77. The zero-order valence-electron chi connectivity index (χ0n) is 20.5. The van der Waals surface area contributed by atoms with Crippen molar-refractivity contribution in [3.8, 4) is 22.8 Å². The van der Waals surface area contributed by atoms with E-state index in [1.807, 2.05) is 0 Å². The van der Waals surface area contributed by atoms with E-state index < -0.39 is 10.0 Å². The van der Waals surface area contributed by atoms with E-state index in [2.05, 4.69) is 25.0 Å². The number of hydrogen-bond donors (Lipinski definition) is 2. The highest BCUT2D eigenvalue weighted by molar-refractivity contribution is 7.94. The van der Waals surface area contributed by atoms with Gasteiger partial charge in [0.05, 0.1) is 24.0 Å². The van der Waals surface area contributed by atoms with Crippen molar-refractivity contribution in [1.29, 1.82) is 0 Å². The number of nitrogens with zero attached hydrogens (tertiary/aromatic N) is 4. The number of sulfonamides is 1. The van der Waals surface area contributed by atoms with Crippen molar-refractivity contribution in [1.82, 2.24) is 24.7 Å². The molecule has 1 aliphatic rings. The Kier molecular flexibility index (Phi) is 6.84. The molecule has 0 radical (unpaired) electrons. The molecule has 1 saturated heterocycles. The second-order valence-corrected chi connectivity index (χ2v) is 11.8. The Bertz CT molecular complexity index is 1630.